The third kappa shape index (κ3) is 4.46. The maximum absolute atomic E-state index is 13.5. The first kappa shape index (κ1) is 23.0. The van der Waals surface area contributed by atoms with E-state index in [1.54, 1.807) is 10.4 Å². The van der Waals surface area contributed by atoms with E-state index in [0.717, 1.165) is 5.56 Å². The van der Waals surface area contributed by atoms with Gasteiger partial charge in [-0.25, -0.2) is 8.42 Å². The molecule has 28 heavy (non-hydrogen) atoms. The van der Waals surface area contributed by atoms with Gasteiger partial charge < -0.3 is 14.4 Å². The molecule has 1 atom stereocenters. The van der Waals surface area contributed by atoms with Crippen LogP contribution in [0.2, 0.25) is 0 Å². The minimum atomic E-state index is -3.75. The molecule has 0 amide bonds. The molecule has 0 radical (unpaired) electrons. The lowest BCUT2D eigenvalue weighted by Crippen LogP contribution is -2.49. The highest BCUT2D eigenvalue weighted by molar-refractivity contribution is 9.10. The van der Waals surface area contributed by atoms with Crippen molar-refractivity contribution in [1.82, 2.24) is 9.21 Å². The molecule has 0 aliphatic carbocycles. The highest BCUT2D eigenvalue weighted by Gasteiger charge is 2.37. The normalized spacial score (nSPS) is 18.4. The van der Waals surface area contributed by atoms with E-state index in [-0.39, 0.29) is 23.3 Å². The SMILES string of the molecule is COc1cc(Br)c(S(=O)(=O)N2CCN(C)CC2c2ccccc2)cc1OC.Cl. The first-order chi connectivity index (χ1) is 12.9. The van der Waals surface area contributed by atoms with Crippen molar-refractivity contribution in [3.63, 3.8) is 0 Å². The van der Waals surface area contributed by atoms with Gasteiger partial charge in [-0.1, -0.05) is 30.3 Å². The van der Waals surface area contributed by atoms with Crippen LogP contribution in [0.15, 0.2) is 51.8 Å². The number of benzene rings is 2. The van der Waals surface area contributed by atoms with Gasteiger partial charge in [-0.2, -0.15) is 4.31 Å². The monoisotopic (exact) mass is 490 g/mol. The second kappa shape index (κ2) is 9.45. The fourth-order valence-corrected chi connectivity index (χ4v) is 5.89. The maximum atomic E-state index is 13.5. The Morgan fingerprint density at radius 3 is 2.25 bits per heavy atom. The molecule has 6 nitrogen and oxygen atoms in total. The van der Waals surface area contributed by atoms with Crippen LogP contribution in [-0.4, -0.2) is 58.5 Å². The molecule has 1 unspecified atom stereocenters. The fraction of sp³-hybridized carbons (Fsp3) is 0.368. The number of nitrogens with zero attached hydrogens (tertiary/aromatic N) is 2. The predicted molar refractivity (Wildman–Crippen MR) is 115 cm³/mol. The zero-order chi connectivity index (χ0) is 19.6. The molecule has 0 spiro atoms. The summed E-state index contributed by atoms with van der Waals surface area (Å²) in [5, 5.41) is 0. The van der Waals surface area contributed by atoms with Crippen LogP contribution >= 0.6 is 28.3 Å². The van der Waals surface area contributed by atoms with E-state index in [9.17, 15) is 8.42 Å². The number of halogens is 2. The highest BCUT2D eigenvalue weighted by atomic mass is 79.9. The molecular weight excluding hydrogens is 468 g/mol. The van der Waals surface area contributed by atoms with Crippen molar-refractivity contribution < 1.29 is 17.9 Å². The van der Waals surface area contributed by atoms with Gasteiger partial charge in [-0.15, -0.1) is 12.4 Å². The zero-order valence-electron chi connectivity index (χ0n) is 16.0. The molecule has 3 rings (SSSR count). The van der Waals surface area contributed by atoms with E-state index in [1.165, 1.54) is 20.3 Å². The standard InChI is InChI=1S/C19H23BrN2O4S.ClH/c1-21-9-10-22(16(13-21)14-7-5-4-6-8-14)27(23,24)19-12-18(26-3)17(25-2)11-15(19)20;/h4-8,11-12,16H,9-10,13H2,1-3H3;1H. The molecule has 0 saturated carbocycles. The Morgan fingerprint density at radius 1 is 1.04 bits per heavy atom. The number of rotatable bonds is 5. The molecule has 2 aromatic carbocycles. The van der Waals surface area contributed by atoms with E-state index >= 15 is 0 Å². The molecule has 1 fully saturated rings. The largest absolute Gasteiger partial charge is 0.493 e. The summed E-state index contributed by atoms with van der Waals surface area (Å²) in [4.78, 5) is 2.32. The molecule has 0 aromatic heterocycles. The van der Waals surface area contributed by atoms with Crippen LogP contribution in [0.1, 0.15) is 11.6 Å². The Balaban J connectivity index is 0.00000280. The Morgan fingerprint density at radius 2 is 1.64 bits per heavy atom. The summed E-state index contributed by atoms with van der Waals surface area (Å²) < 4.78 is 39.7. The summed E-state index contributed by atoms with van der Waals surface area (Å²) in [6.45, 7) is 1.72. The molecule has 1 heterocycles. The molecule has 1 aliphatic heterocycles. The van der Waals surface area contributed by atoms with Crippen molar-refractivity contribution in [1.29, 1.82) is 0 Å². The summed E-state index contributed by atoms with van der Waals surface area (Å²) in [6, 6.07) is 12.6. The third-order valence-corrected chi connectivity index (χ3v) is 7.61. The molecule has 0 bridgehead atoms. The van der Waals surface area contributed by atoms with Crippen LogP contribution in [0.5, 0.6) is 11.5 Å². The zero-order valence-corrected chi connectivity index (χ0v) is 19.2. The van der Waals surface area contributed by atoms with Crippen molar-refractivity contribution in [2.75, 3.05) is 40.9 Å². The van der Waals surface area contributed by atoms with Crippen molar-refractivity contribution in [3.05, 3.63) is 52.5 Å². The summed E-state index contributed by atoms with van der Waals surface area (Å²) in [5.41, 5.74) is 0.976. The second-order valence-electron chi connectivity index (χ2n) is 6.44. The topological polar surface area (TPSA) is 59.1 Å². The second-order valence-corrected chi connectivity index (χ2v) is 9.16. The number of hydrogen-bond acceptors (Lipinski definition) is 5. The molecular formula is C19H24BrClN2O4S. The number of hydrogen-bond donors (Lipinski definition) is 0. The summed E-state index contributed by atoms with van der Waals surface area (Å²) in [7, 11) is 1.27. The summed E-state index contributed by atoms with van der Waals surface area (Å²) in [5.74, 6) is 0.853. The van der Waals surface area contributed by atoms with Gasteiger partial charge in [-0.05, 0) is 34.6 Å². The van der Waals surface area contributed by atoms with Crippen molar-refractivity contribution in [3.8, 4) is 11.5 Å². The van der Waals surface area contributed by atoms with Gasteiger partial charge in [0.05, 0.1) is 20.3 Å². The maximum Gasteiger partial charge on any atom is 0.244 e. The van der Waals surface area contributed by atoms with Gasteiger partial charge in [0.2, 0.25) is 10.0 Å². The molecule has 1 aliphatic rings. The Kier molecular flexibility index (Phi) is 7.75. The van der Waals surface area contributed by atoms with Gasteiger partial charge in [0.25, 0.3) is 0 Å². The van der Waals surface area contributed by atoms with E-state index in [0.29, 0.717) is 35.6 Å². The predicted octanol–water partition coefficient (Wildman–Crippen LogP) is 3.57. The number of piperazine rings is 1. The van der Waals surface area contributed by atoms with Gasteiger partial charge in [0.15, 0.2) is 11.5 Å². The minimum Gasteiger partial charge on any atom is -0.493 e. The molecule has 154 valence electrons. The highest BCUT2D eigenvalue weighted by Crippen LogP contribution is 2.39. The van der Waals surface area contributed by atoms with E-state index in [2.05, 4.69) is 20.8 Å². The van der Waals surface area contributed by atoms with Crippen LogP contribution in [-0.2, 0) is 10.0 Å². The van der Waals surface area contributed by atoms with Crippen LogP contribution in [0.4, 0.5) is 0 Å². The molecule has 0 N–H and O–H groups in total. The number of likely N-dealkylation sites (N-methyl/N-ethyl adjacent to an activating group) is 1. The quantitative estimate of drug-likeness (QED) is 0.640. The minimum absolute atomic E-state index is 0. The van der Waals surface area contributed by atoms with Crippen molar-refractivity contribution in [2.45, 2.75) is 10.9 Å². The van der Waals surface area contributed by atoms with Gasteiger partial charge in [0.1, 0.15) is 4.90 Å². The third-order valence-electron chi connectivity index (χ3n) is 4.74. The lowest BCUT2D eigenvalue weighted by molar-refractivity contribution is 0.160. The first-order valence-electron chi connectivity index (χ1n) is 8.55. The molecule has 9 heteroatoms. The van der Waals surface area contributed by atoms with Gasteiger partial charge in [-0.3, -0.25) is 0 Å². The first-order valence-corrected chi connectivity index (χ1v) is 10.8. The van der Waals surface area contributed by atoms with Crippen molar-refractivity contribution in [2.24, 2.45) is 0 Å². The average molecular weight is 492 g/mol. The smallest absolute Gasteiger partial charge is 0.244 e. The van der Waals surface area contributed by atoms with E-state index in [4.69, 9.17) is 9.47 Å². The Labute approximate surface area is 181 Å². The van der Waals surface area contributed by atoms with E-state index in [1.807, 2.05) is 37.4 Å². The number of ether oxygens (including phenoxy) is 2. The van der Waals surface area contributed by atoms with Gasteiger partial charge in [0, 0.05) is 30.2 Å². The fourth-order valence-electron chi connectivity index (χ4n) is 3.30. The summed E-state index contributed by atoms with van der Waals surface area (Å²) >= 11 is 3.39. The lowest BCUT2D eigenvalue weighted by Gasteiger charge is -2.39. The number of methoxy groups -OCH3 is 2. The number of sulfonamides is 1. The van der Waals surface area contributed by atoms with Crippen LogP contribution in [0.3, 0.4) is 0 Å². The average Bonchev–Trinajstić information content (AvgIpc) is 2.67. The molecule has 1 saturated heterocycles. The van der Waals surface area contributed by atoms with Gasteiger partial charge >= 0.3 is 0 Å². The van der Waals surface area contributed by atoms with Crippen molar-refractivity contribution >= 4 is 38.4 Å². The van der Waals surface area contributed by atoms with Crippen LogP contribution in [0, 0.1) is 0 Å². The van der Waals surface area contributed by atoms with Crippen LogP contribution in [0.25, 0.3) is 0 Å². The Bertz CT molecular complexity index is 912. The summed E-state index contributed by atoms with van der Waals surface area (Å²) in [6.07, 6.45) is 0. The molecule has 2 aromatic rings. The lowest BCUT2D eigenvalue weighted by atomic mass is 10.1. The van der Waals surface area contributed by atoms with E-state index < -0.39 is 10.0 Å². The van der Waals surface area contributed by atoms with Crippen LogP contribution < -0.4 is 9.47 Å². The Hall–Kier alpha value is -1.32.